The summed E-state index contributed by atoms with van der Waals surface area (Å²) in [5.41, 5.74) is 8.68. The molecule has 0 saturated heterocycles. The van der Waals surface area contributed by atoms with Gasteiger partial charge in [0.05, 0.1) is 23.9 Å². The Morgan fingerprint density at radius 3 is 2.95 bits per heavy atom. The van der Waals surface area contributed by atoms with Gasteiger partial charge in [-0.2, -0.15) is 0 Å². The number of anilines is 2. The van der Waals surface area contributed by atoms with Gasteiger partial charge in [0.15, 0.2) is 0 Å². The summed E-state index contributed by atoms with van der Waals surface area (Å²) in [6.07, 6.45) is 7.31. The van der Waals surface area contributed by atoms with Gasteiger partial charge in [-0.1, -0.05) is 12.8 Å². The Morgan fingerprint density at radius 1 is 1.25 bits per heavy atom. The molecule has 1 heterocycles. The summed E-state index contributed by atoms with van der Waals surface area (Å²) >= 11 is 0. The average molecular weight is 271 g/mol. The molecule has 2 aromatic rings. The van der Waals surface area contributed by atoms with Crippen LogP contribution in [0.3, 0.4) is 0 Å². The number of ether oxygens (including phenoxy) is 1. The van der Waals surface area contributed by atoms with Crippen LogP contribution in [-0.4, -0.2) is 24.2 Å². The molecule has 3 N–H and O–H groups in total. The summed E-state index contributed by atoms with van der Waals surface area (Å²) in [5.74, 6) is 0. The van der Waals surface area contributed by atoms with Crippen LogP contribution in [0, 0.1) is 0 Å². The normalized spacial score (nSPS) is 15.8. The van der Waals surface area contributed by atoms with Crippen molar-refractivity contribution in [1.29, 1.82) is 0 Å². The Labute approximate surface area is 119 Å². The number of nitrogen functional groups attached to an aromatic ring is 1. The van der Waals surface area contributed by atoms with Crippen molar-refractivity contribution in [2.75, 3.05) is 24.2 Å². The molecule has 0 unspecified atom stereocenters. The van der Waals surface area contributed by atoms with Crippen molar-refractivity contribution < 1.29 is 4.74 Å². The third-order valence-corrected chi connectivity index (χ3v) is 3.88. The third kappa shape index (κ3) is 2.85. The Bertz CT molecular complexity index is 579. The number of nitrogens with zero attached hydrogens (tertiary/aromatic N) is 1. The molecule has 1 aliphatic carbocycles. The fourth-order valence-corrected chi connectivity index (χ4v) is 2.80. The van der Waals surface area contributed by atoms with E-state index >= 15 is 0 Å². The number of nitrogens with two attached hydrogens (primary N) is 1. The molecule has 0 amide bonds. The minimum atomic E-state index is 0.470. The molecule has 1 saturated carbocycles. The van der Waals surface area contributed by atoms with Crippen LogP contribution in [0.1, 0.15) is 25.7 Å². The first-order valence-electron chi connectivity index (χ1n) is 7.33. The quantitative estimate of drug-likeness (QED) is 0.647. The Kier molecular flexibility index (Phi) is 4.02. The molecular weight excluding hydrogens is 250 g/mol. The number of fused-ring (bicyclic) bond motifs is 1. The van der Waals surface area contributed by atoms with E-state index in [4.69, 9.17) is 10.5 Å². The molecule has 1 aromatic carbocycles. The highest BCUT2D eigenvalue weighted by Gasteiger charge is 2.14. The zero-order valence-corrected chi connectivity index (χ0v) is 11.6. The standard InChI is InChI=1S/C16H21N3O/c17-14-7-8-15(16-13(14)6-3-9-19-16)18-10-11-20-12-4-1-2-5-12/h3,6-9,12,18H,1-2,4-5,10-11,17H2. The molecule has 4 nitrogen and oxygen atoms in total. The van der Waals surface area contributed by atoms with E-state index in [1.165, 1.54) is 25.7 Å². The molecule has 1 aliphatic rings. The SMILES string of the molecule is Nc1ccc(NCCOC2CCCC2)c2ncccc12. The van der Waals surface area contributed by atoms with Crippen molar-refractivity contribution in [3.05, 3.63) is 30.5 Å². The molecule has 3 rings (SSSR count). The lowest BCUT2D eigenvalue weighted by atomic mass is 10.1. The fourth-order valence-electron chi connectivity index (χ4n) is 2.80. The monoisotopic (exact) mass is 271 g/mol. The van der Waals surface area contributed by atoms with E-state index in [1.807, 2.05) is 24.3 Å². The first kappa shape index (κ1) is 13.2. The topological polar surface area (TPSA) is 60.2 Å². The van der Waals surface area contributed by atoms with Gasteiger partial charge in [0.2, 0.25) is 0 Å². The molecular formula is C16H21N3O. The third-order valence-electron chi connectivity index (χ3n) is 3.88. The summed E-state index contributed by atoms with van der Waals surface area (Å²) < 4.78 is 5.85. The van der Waals surface area contributed by atoms with E-state index in [-0.39, 0.29) is 0 Å². The van der Waals surface area contributed by atoms with Crippen LogP contribution in [0.5, 0.6) is 0 Å². The average Bonchev–Trinajstić information content (AvgIpc) is 2.99. The van der Waals surface area contributed by atoms with Gasteiger partial charge in [0.1, 0.15) is 0 Å². The van der Waals surface area contributed by atoms with Gasteiger partial charge in [-0.15, -0.1) is 0 Å². The van der Waals surface area contributed by atoms with E-state index in [0.29, 0.717) is 6.10 Å². The number of rotatable bonds is 5. The number of pyridine rings is 1. The predicted octanol–water partition coefficient (Wildman–Crippen LogP) is 3.19. The molecule has 1 fully saturated rings. The second-order valence-corrected chi connectivity index (χ2v) is 5.31. The van der Waals surface area contributed by atoms with E-state index in [9.17, 15) is 0 Å². The number of nitrogens with one attached hydrogen (secondary N) is 1. The van der Waals surface area contributed by atoms with E-state index in [2.05, 4.69) is 10.3 Å². The van der Waals surface area contributed by atoms with Crippen molar-refractivity contribution in [2.24, 2.45) is 0 Å². The van der Waals surface area contributed by atoms with Crippen LogP contribution < -0.4 is 11.1 Å². The van der Waals surface area contributed by atoms with Gasteiger partial charge in [-0.3, -0.25) is 4.98 Å². The molecule has 0 radical (unpaired) electrons. The maximum atomic E-state index is 5.97. The summed E-state index contributed by atoms with van der Waals surface area (Å²) in [7, 11) is 0. The van der Waals surface area contributed by atoms with Gasteiger partial charge in [-0.25, -0.2) is 0 Å². The summed E-state index contributed by atoms with van der Waals surface area (Å²) in [5, 5.41) is 4.39. The molecule has 1 aromatic heterocycles. The summed E-state index contributed by atoms with van der Waals surface area (Å²) in [6, 6.07) is 7.81. The van der Waals surface area contributed by atoms with Crippen LogP contribution in [0.2, 0.25) is 0 Å². The molecule has 20 heavy (non-hydrogen) atoms. The minimum absolute atomic E-state index is 0.470. The van der Waals surface area contributed by atoms with Crippen molar-refractivity contribution in [1.82, 2.24) is 4.98 Å². The maximum Gasteiger partial charge on any atom is 0.0953 e. The molecule has 0 atom stereocenters. The molecule has 4 heteroatoms. The van der Waals surface area contributed by atoms with Gasteiger partial charge < -0.3 is 15.8 Å². The summed E-state index contributed by atoms with van der Waals surface area (Å²) in [6.45, 7) is 1.54. The number of hydrogen-bond acceptors (Lipinski definition) is 4. The van der Waals surface area contributed by atoms with Crippen LogP contribution in [0.15, 0.2) is 30.5 Å². The first-order valence-corrected chi connectivity index (χ1v) is 7.33. The van der Waals surface area contributed by atoms with E-state index in [1.54, 1.807) is 6.20 Å². The van der Waals surface area contributed by atoms with Crippen molar-refractivity contribution >= 4 is 22.3 Å². The lowest BCUT2D eigenvalue weighted by Crippen LogP contribution is -2.15. The van der Waals surface area contributed by atoms with Gasteiger partial charge in [-0.05, 0) is 37.1 Å². The maximum absolute atomic E-state index is 5.97. The Balaban J connectivity index is 1.61. The minimum Gasteiger partial charge on any atom is -0.398 e. The van der Waals surface area contributed by atoms with Crippen LogP contribution in [0.4, 0.5) is 11.4 Å². The number of benzene rings is 1. The van der Waals surface area contributed by atoms with E-state index in [0.717, 1.165) is 35.4 Å². The Hall–Kier alpha value is -1.81. The fraction of sp³-hybridized carbons (Fsp3) is 0.438. The van der Waals surface area contributed by atoms with Crippen LogP contribution in [0.25, 0.3) is 10.9 Å². The molecule has 0 aliphatic heterocycles. The zero-order chi connectivity index (χ0) is 13.8. The molecule has 0 bridgehead atoms. The summed E-state index contributed by atoms with van der Waals surface area (Å²) in [4.78, 5) is 4.41. The molecule has 0 spiro atoms. The van der Waals surface area contributed by atoms with Crippen molar-refractivity contribution in [3.63, 3.8) is 0 Å². The second-order valence-electron chi connectivity index (χ2n) is 5.31. The lowest BCUT2D eigenvalue weighted by Gasteiger charge is -2.13. The highest BCUT2D eigenvalue weighted by molar-refractivity contribution is 5.98. The highest BCUT2D eigenvalue weighted by atomic mass is 16.5. The van der Waals surface area contributed by atoms with Gasteiger partial charge in [0, 0.05) is 23.8 Å². The van der Waals surface area contributed by atoms with Gasteiger partial charge in [0.25, 0.3) is 0 Å². The smallest absolute Gasteiger partial charge is 0.0953 e. The van der Waals surface area contributed by atoms with Crippen molar-refractivity contribution in [2.45, 2.75) is 31.8 Å². The first-order chi connectivity index (χ1) is 9.84. The van der Waals surface area contributed by atoms with Crippen LogP contribution in [-0.2, 0) is 4.74 Å². The van der Waals surface area contributed by atoms with E-state index < -0.39 is 0 Å². The van der Waals surface area contributed by atoms with Crippen LogP contribution >= 0.6 is 0 Å². The predicted molar refractivity (Wildman–Crippen MR) is 82.9 cm³/mol. The zero-order valence-electron chi connectivity index (χ0n) is 11.6. The second kappa shape index (κ2) is 6.09. The Morgan fingerprint density at radius 2 is 2.10 bits per heavy atom. The number of hydrogen-bond donors (Lipinski definition) is 2. The molecule has 106 valence electrons. The van der Waals surface area contributed by atoms with Crippen molar-refractivity contribution in [3.8, 4) is 0 Å². The lowest BCUT2D eigenvalue weighted by molar-refractivity contribution is 0.0659. The van der Waals surface area contributed by atoms with Gasteiger partial charge >= 0.3 is 0 Å². The largest absolute Gasteiger partial charge is 0.398 e. The number of aromatic nitrogens is 1. The highest BCUT2D eigenvalue weighted by Crippen LogP contribution is 2.26.